The summed E-state index contributed by atoms with van der Waals surface area (Å²) in [4.78, 5) is 8.36. The first-order valence-electron chi connectivity index (χ1n) is 13.8. The topological polar surface area (TPSA) is 63.4 Å². The van der Waals surface area contributed by atoms with Gasteiger partial charge in [0.1, 0.15) is 0 Å². The minimum absolute atomic E-state index is 1.43. The molecular weight excluding hydrogens is 615 g/mol. The number of hydrogen-bond donors (Lipinski definition) is 1. The molecule has 0 fully saturated rings. The van der Waals surface area contributed by atoms with E-state index < -0.39 is 17.2 Å². The van der Waals surface area contributed by atoms with Crippen LogP contribution in [0, 0.1) is 10.1 Å². The van der Waals surface area contributed by atoms with Gasteiger partial charge in [0.2, 0.25) is 0 Å². The summed E-state index contributed by atoms with van der Waals surface area (Å²) in [5.74, 6) is 0. The zero-order chi connectivity index (χ0) is 30.0. The van der Waals surface area contributed by atoms with E-state index in [4.69, 9.17) is 15.3 Å². The van der Waals surface area contributed by atoms with Crippen LogP contribution in [0.25, 0.3) is 0 Å². The molecule has 0 spiro atoms. The zero-order valence-corrected chi connectivity index (χ0v) is 26.3. The molecule has 7 heteroatoms. The third-order valence-corrected chi connectivity index (χ3v) is 27.4. The molecule has 6 rings (SSSR count). The standard InChI is InChI=1S/2C18H15P.HNO3.Ni/c2*1-4-10-16(11-5-1)19(17-12-6-2-7-13-17)18-14-8-3-9-15-18;2-1(3)4;/h2*1-15H;(H,2,3,4);/q;;;-2/p+2. The third kappa shape index (κ3) is 6.61. The van der Waals surface area contributed by atoms with Gasteiger partial charge in [0.05, 0.1) is 0 Å². The Morgan fingerprint density at radius 2 is 0.535 bits per heavy atom. The Hall–Kier alpha value is -4.13. The maximum absolute atomic E-state index is 8.36. The maximum atomic E-state index is 8.36. The summed E-state index contributed by atoms with van der Waals surface area (Å²) in [5.41, 5.74) is 0. The Bertz CT molecular complexity index is 1390. The van der Waals surface area contributed by atoms with Gasteiger partial charge < -0.3 is 5.21 Å². The molecule has 6 aromatic rings. The van der Waals surface area contributed by atoms with Gasteiger partial charge in [-0.2, -0.15) is 0 Å². The van der Waals surface area contributed by atoms with Crippen LogP contribution in [0.3, 0.4) is 0 Å². The Balaban J connectivity index is 0.000000868. The predicted octanol–water partition coefficient (Wildman–Crippen LogP) is 6.00. The molecule has 0 unspecified atom stereocenters. The van der Waals surface area contributed by atoms with Gasteiger partial charge in [0.15, 0.2) is 0 Å². The van der Waals surface area contributed by atoms with Crippen molar-refractivity contribution in [2.24, 2.45) is 0 Å². The summed E-state index contributed by atoms with van der Waals surface area (Å²) < 4.78 is 0. The van der Waals surface area contributed by atoms with Crippen LogP contribution >= 0.6 is 12.1 Å². The predicted molar refractivity (Wildman–Crippen MR) is 182 cm³/mol. The molecule has 6 aromatic carbocycles. The van der Waals surface area contributed by atoms with E-state index in [0.29, 0.717) is 0 Å². The summed E-state index contributed by atoms with van der Waals surface area (Å²) in [6, 6.07) is 62.6. The van der Waals surface area contributed by atoms with E-state index in [1.807, 2.05) is 13.6 Å². The van der Waals surface area contributed by atoms with Crippen LogP contribution in [0.4, 0.5) is 0 Å². The van der Waals surface area contributed by atoms with Gasteiger partial charge in [-0.05, 0) is 0 Å². The van der Waals surface area contributed by atoms with E-state index in [1.54, 1.807) is 0 Å². The molecule has 0 radical (unpaired) electrons. The molecular formula is C36H33NNiO3P2. The van der Waals surface area contributed by atoms with Crippen molar-refractivity contribution in [2.45, 2.75) is 0 Å². The minimum atomic E-state index is -2.61. The van der Waals surface area contributed by atoms with Crippen LogP contribution in [-0.4, -0.2) is 10.3 Å². The van der Waals surface area contributed by atoms with Gasteiger partial charge in [-0.25, -0.2) is 0 Å². The Morgan fingerprint density at radius 1 is 0.395 bits per heavy atom. The summed E-state index contributed by atoms with van der Waals surface area (Å²) in [6.07, 6.45) is 0. The van der Waals surface area contributed by atoms with Crippen molar-refractivity contribution in [3.8, 4) is 0 Å². The van der Waals surface area contributed by atoms with Crippen molar-refractivity contribution in [3.63, 3.8) is 0 Å². The first-order chi connectivity index (χ1) is 21.1. The molecule has 0 amide bonds. The molecule has 0 aromatic heterocycles. The van der Waals surface area contributed by atoms with Crippen molar-refractivity contribution in [1.82, 2.24) is 0 Å². The van der Waals surface area contributed by atoms with E-state index >= 15 is 0 Å². The van der Waals surface area contributed by atoms with Gasteiger partial charge in [-0.15, -0.1) is 10.1 Å². The SMILES string of the molecule is O=[N+]([O-])O.c1ccc([PH]([Ni][PH](c2ccccc2)(c2ccccc2)c2ccccc2)(c2ccccc2)c2ccccc2)cc1. The van der Waals surface area contributed by atoms with Gasteiger partial charge >= 0.3 is 239 Å². The molecule has 1 N–H and O–H groups in total. The van der Waals surface area contributed by atoms with Crippen molar-refractivity contribution in [3.05, 3.63) is 192 Å². The van der Waals surface area contributed by atoms with Crippen molar-refractivity contribution in [1.29, 1.82) is 0 Å². The third-order valence-electron chi connectivity index (χ3n) is 7.16. The van der Waals surface area contributed by atoms with Crippen LogP contribution in [0.5, 0.6) is 0 Å². The Morgan fingerprint density at radius 3 is 0.674 bits per heavy atom. The summed E-state index contributed by atoms with van der Waals surface area (Å²) >= 11 is 1.98. The van der Waals surface area contributed by atoms with E-state index in [9.17, 15) is 0 Å². The molecule has 0 saturated carbocycles. The second kappa shape index (κ2) is 14.4. The van der Waals surface area contributed by atoms with Crippen molar-refractivity contribution < 1.29 is 23.9 Å². The average molecular weight is 648 g/mol. The van der Waals surface area contributed by atoms with Gasteiger partial charge in [-0.3, -0.25) is 0 Å². The van der Waals surface area contributed by atoms with Crippen LogP contribution in [0.2, 0.25) is 0 Å². The van der Waals surface area contributed by atoms with Crippen LogP contribution < -0.4 is 31.8 Å². The number of hydrogen-bond acceptors (Lipinski definition) is 2. The van der Waals surface area contributed by atoms with Gasteiger partial charge in [0, 0.05) is 0 Å². The Kier molecular flexibility index (Phi) is 10.1. The molecule has 43 heavy (non-hydrogen) atoms. The monoisotopic (exact) mass is 647 g/mol. The van der Waals surface area contributed by atoms with E-state index in [1.165, 1.54) is 31.8 Å². The molecule has 0 saturated heterocycles. The second-order valence-corrected chi connectivity index (χ2v) is 22.9. The molecule has 0 heterocycles. The summed E-state index contributed by atoms with van der Waals surface area (Å²) in [5, 5.41) is 22.2. The quantitative estimate of drug-likeness (QED) is 0.0954. The molecule has 0 aliphatic heterocycles. The first-order valence-corrected chi connectivity index (χ1v) is 20.4. The number of rotatable bonds is 8. The van der Waals surface area contributed by atoms with Crippen molar-refractivity contribution in [2.75, 3.05) is 0 Å². The number of benzene rings is 6. The molecule has 0 aliphatic rings. The summed E-state index contributed by atoms with van der Waals surface area (Å²) in [6.45, 7) is 0. The van der Waals surface area contributed by atoms with E-state index in [-0.39, 0.29) is 0 Å². The van der Waals surface area contributed by atoms with Gasteiger partial charge in [-0.1, -0.05) is 0 Å². The first kappa shape index (κ1) is 30.3. The average Bonchev–Trinajstić information content (AvgIpc) is 3.08. The Labute approximate surface area is 258 Å². The fourth-order valence-corrected chi connectivity index (χ4v) is 30.5. The number of nitrogens with zero attached hydrogens (tertiary/aromatic N) is 1. The normalized spacial score (nSPS) is 12.0. The molecule has 4 nitrogen and oxygen atoms in total. The van der Waals surface area contributed by atoms with E-state index in [0.717, 1.165) is 0 Å². The molecule has 220 valence electrons. The molecule has 0 aliphatic carbocycles. The van der Waals surface area contributed by atoms with Crippen LogP contribution in [0.15, 0.2) is 182 Å². The fourth-order valence-electron chi connectivity index (χ4n) is 5.40. The fraction of sp³-hybridized carbons (Fsp3) is 0. The summed E-state index contributed by atoms with van der Waals surface area (Å²) in [7, 11) is 0. The van der Waals surface area contributed by atoms with Crippen LogP contribution in [-0.2, 0) is 13.6 Å². The van der Waals surface area contributed by atoms with Crippen LogP contribution in [0.1, 0.15) is 0 Å². The zero-order valence-electron chi connectivity index (χ0n) is 23.3. The van der Waals surface area contributed by atoms with Gasteiger partial charge in [0.25, 0.3) is 5.09 Å². The molecule has 0 atom stereocenters. The van der Waals surface area contributed by atoms with E-state index in [2.05, 4.69) is 182 Å². The van der Waals surface area contributed by atoms with Crippen molar-refractivity contribution >= 4 is 43.9 Å². The second-order valence-electron chi connectivity index (χ2n) is 9.74. The molecule has 0 bridgehead atoms.